The smallest absolute Gasteiger partial charge is 0.240 e. The predicted molar refractivity (Wildman–Crippen MR) is 100 cm³/mol. The monoisotopic (exact) mass is 348 g/mol. The number of nitrogens with two attached hydrogens (primary N) is 1. The summed E-state index contributed by atoms with van der Waals surface area (Å²) < 4.78 is 0. The number of fused-ring (bicyclic) bond motifs is 2. The zero-order chi connectivity index (χ0) is 18.1. The maximum Gasteiger partial charge on any atom is 0.240 e. The van der Waals surface area contributed by atoms with Gasteiger partial charge in [-0.3, -0.25) is 9.59 Å². The Labute approximate surface area is 153 Å². The number of rotatable bonds is 5. The van der Waals surface area contributed by atoms with Gasteiger partial charge in [0.1, 0.15) is 6.04 Å². The fraction of sp³-hybridized carbons (Fsp3) is 0.364. The molecule has 134 valence electrons. The van der Waals surface area contributed by atoms with Gasteiger partial charge in [0, 0.05) is 17.8 Å². The Morgan fingerprint density at radius 2 is 1.85 bits per heavy atom. The molecule has 0 aromatic heterocycles. The molecule has 0 unspecified atom stereocenters. The van der Waals surface area contributed by atoms with E-state index in [1.807, 2.05) is 30.3 Å². The second-order valence-corrected chi connectivity index (χ2v) is 7.58. The van der Waals surface area contributed by atoms with Crippen molar-refractivity contribution in [1.29, 1.82) is 0 Å². The van der Waals surface area contributed by atoms with E-state index in [0.717, 1.165) is 31.2 Å². The summed E-state index contributed by atoms with van der Waals surface area (Å²) in [6, 6.07) is 17.4. The van der Waals surface area contributed by atoms with Gasteiger partial charge in [-0.1, -0.05) is 54.6 Å². The average Bonchev–Trinajstić information content (AvgIpc) is 3.37. The normalized spacial score (nSPS) is 24.5. The highest BCUT2D eigenvalue weighted by Gasteiger charge is 2.60. The van der Waals surface area contributed by atoms with Crippen molar-refractivity contribution in [2.75, 3.05) is 0 Å². The molecule has 2 aliphatic rings. The van der Waals surface area contributed by atoms with Crippen LogP contribution in [0.25, 0.3) is 0 Å². The molecule has 26 heavy (non-hydrogen) atoms. The van der Waals surface area contributed by atoms with E-state index in [4.69, 9.17) is 5.73 Å². The summed E-state index contributed by atoms with van der Waals surface area (Å²) >= 11 is 0. The molecule has 0 bridgehead atoms. The second kappa shape index (κ2) is 6.60. The molecular weight excluding hydrogens is 324 g/mol. The fourth-order valence-electron chi connectivity index (χ4n) is 4.52. The molecule has 1 fully saturated rings. The highest BCUT2D eigenvalue weighted by molar-refractivity contribution is 5.90. The number of hydrogen-bond donors (Lipinski definition) is 2. The van der Waals surface area contributed by atoms with Gasteiger partial charge in [-0.2, -0.15) is 0 Å². The molecule has 4 nitrogen and oxygen atoms in total. The van der Waals surface area contributed by atoms with Gasteiger partial charge in [-0.05, 0) is 42.4 Å². The first-order valence-corrected chi connectivity index (χ1v) is 9.32. The van der Waals surface area contributed by atoms with Crippen LogP contribution in [0.4, 0.5) is 0 Å². The van der Waals surface area contributed by atoms with E-state index >= 15 is 0 Å². The molecule has 1 saturated carbocycles. The van der Waals surface area contributed by atoms with Crippen molar-refractivity contribution in [2.45, 2.75) is 43.6 Å². The SMILES string of the molecule is NC(=O)[C@H](Cc1ccccc1)NC(=O)[C@H]1C[C@]12CCCc1ccccc12. The molecule has 0 heterocycles. The lowest BCUT2D eigenvalue weighted by atomic mass is 9.78. The first kappa shape index (κ1) is 16.8. The lowest BCUT2D eigenvalue weighted by Crippen LogP contribution is -2.47. The lowest BCUT2D eigenvalue weighted by Gasteiger charge is -2.26. The van der Waals surface area contributed by atoms with Gasteiger partial charge in [0.25, 0.3) is 0 Å². The number of benzene rings is 2. The summed E-state index contributed by atoms with van der Waals surface area (Å²) in [5, 5.41) is 2.92. The van der Waals surface area contributed by atoms with Crippen molar-refractivity contribution in [1.82, 2.24) is 5.32 Å². The number of carbonyl (C=O) groups excluding carboxylic acids is 2. The van der Waals surface area contributed by atoms with Crippen LogP contribution >= 0.6 is 0 Å². The third-order valence-electron chi connectivity index (χ3n) is 5.96. The van der Waals surface area contributed by atoms with Gasteiger partial charge in [-0.15, -0.1) is 0 Å². The summed E-state index contributed by atoms with van der Waals surface area (Å²) in [4.78, 5) is 24.7. The number of aryl methyl sites for hydroxylation is 1. The van der Waals surface area contributed by atoms with Crippen LogP contribution in [0.1, 0.15) is 36.0 Å². The van der Waals surface area contributed by atoms with Crippen LogP contribution in [0.3, 0.4) is 0 Å². The van der Waals surface area contributed by atoms with Crippen molar-refractivity contribution in [3.05, 3.63) is 71.3 Å². The van der Waals surface area contributed by atoms with E-state index < -0.39 is 11.9 Å². The van der Waals surface area contributed by atoms with Gasteiger partial charge in [-0.25, -0.2) is 0 Å². The number of amides is 2. The van der Waals surface area contributed by atoms with Crippen molar-refractivity contribution in [3.8, 4) is 0 Å². The van der Waals surface area contributed by atoms with Crippen LogP contribution in [0.2, 0.25) is 0 Å². The lowest BCUT2D eigenvalue weighted by molar-refractivity contribution is -0.128. The summed E-state index contributed by atoms with van der Waals surface area (Å²) in [5.74, 6) is -0.580. The Hall–Kier alpha value is -2.62. The first-order chi connectivity index (χ1) is 12.6. The maximum absolute atomic E-state index is 12.9. The molecule has 0 saturated heterocycles. The minimum absolute atomic E-state index is 0.0339. The molecule has 2 amide bonds. The molecular formula is C22H24N2O2. The molecule has 3 N–H and O–H groups in total. The largest absolute Gasteiger partial charge is 0.368 e. The molecule has 1 spiro atoms. The summed E-state index contributed by atoms with van der Waals surface area (Å²) in [7, 11) is 0. The predicted octanol–water partition coefficient (Wildman–Crippen LogP) is 2.49. The van der Waals surface area contributed by atoms with Crippen LogP contribution in [-0.4, -0.2) is 17.9 Å². The number of hydrogen-bond acceptors (Lipinski definition) is 2. The Morgan fingerprint density at radius 1 is 1.12 bits per heavy atom. The van der Waals surface area contributed by atoms with Crippen LogP contribution in [-0.2, 0) is 27.8 Å². The minimum Gasteiger partial charge on any atom is -0.368 e. The third-order valence-corrected chi connectivity index (χ3v) is 5.96. The van der Waals surface area contributed by atoms with E-state index in [2.05, 4.69) is 29.6 Å². The van der Waals surface area contributed by atoms with E-state index in [0.29, 0.717) is 6.42 Å². The summed E-state index contributed by atoms with van der Waals surface area (Å²) in [6.07, 6.45) is 4.54. The van der Waals surface area contributed by atoms with E-state index in [9.17, 15) is 9.59 Å². The Kier molecular flexibility index (Phi) is 4.27. The van der Waals surface area contributed by atoms with E-state index in [1.165, 1.54) is 11.1 Å². The van der Waals surface area contributed by atoms with Gasteiger partial charge in [0.05, 0.1) is 0 Å². The van der Waals surface area contributed by atoms with E-state index in [1.54, 1.807) is 0 Å². The molecule has 2 aromatic carbocycles. The zero-order valence-electron chi connectivity index (χ0n) is 14.8. The number of nitrogens with one attached hydrogen (secondary N) is 1. The number of primary amides is 1. The quantitative estimate of drug-likeness (QED) is 0.871. The topological polar surface area (TPSA) is 72.2 Å². The van der Waals surface area contributed by atoms with Gasteiger partial charge >= 0.3 is 0 Å². The second-order valence-electron chi connectivity index (χ2n) is 7.58. The summed E-state index contributed by atoms with van der Waals surface area (Å²) in [6.45, 7) is 0. The van der Waals surface area contributed by atoms with Gasteiger partial charge < -0.3 is 11.1 Å². The minimum atomic E-state index is -0.665. The zero-order valence-corrected chi connectivity index (χ0v) is 14.8. The fourth-order valence-corrected chi connectivity index (χ4v) is 4.52. The standard InChI is InChI=1S/C22H24N2O2/c23-20(25)19(13-15-7-2-1-3-8-15)24-21(26)18-14-22(18)12-6-10-16-9-4-5-11-17(16)22/h1-5,7-9,11,18-19H,6,10,12-14H2,(H2,23,25)(H,24,26)/t18-,19+,22+/m1/s1. The van der Waals surface area contributed by atoms with Crippen molar-refractivity contribution < 1.29 is 9.59 Å². The van der Waals surface area contributed by atoms with Crippen LogP contribution in [0.5, 0.6) is 0 Å². The average molecular weight is 348 g/mol. The molecule has 0 radical (unpaired) electrons. The Balaban J connectivity index is 1.48. The highest BCUT2D eigenvalue weighted by atomic mass is 16.2. The molecule has 2 aliphatic carbocycles. The summed E-state index contributed by atoms with van der Waals surface area (Å²) in [5.41, 5.74) is 9.19. The van der Waals surface area contributed by atoms with Crippen LogP contribution < -0.4 is 11.1 Å². The third kappa shape index (κ3) is 3.00. The van der Waals surface area contributed by atoms with Crippen molar-refractivity contribution in [2.24, 2.45) is 11.7 Å². The molecule has 0 aliphatic heterocycles. The van der Waals surface area contributed by atoms with Gasteiger partial charge in [0.15, 0.2) is 0 Å². The first-order valence-electron chi connectivity index (χ1n) is 9.32. The Morgan fingerprint density at radius 3 is 2.62 bits per heavy atom. The molecule has 3 atom stereocenters. The molecule has 2 aromatic rings. The van der Waals surface area contributed by atoms with Crippen molar-refractivity contribution in [3.63, 3.8) is 0 Å². The van der Waals surface area contributed by atoms with Crippen LogP contribution in [0, 0.1) is 5.92 Å². The molecule has 4 heteroatoms. The van der Waals surface area contributed by atoms with Crippen molar-refractivity contribution >= 4 is 11.8 Å². The maximum atomic E-state index is 12.9. The highest BCUT2D eigenvalue weighted by Crippen LogP contribution is 2.60. The number of carbonyl (C=O) groups is 2. The molecule has 4 rings (SSSR count). The Bertz CT molecular complexity index is 833. The van der Waals surface area contributed by atoms with Gasteiger partial charge in [0.2, 0.25) is 11.8 Å². The van der Waals surface area contributed by atoms with Crippen LogP contribution in [0.15, 0.2) is 54.6 Å². The van der Waals surface area contributed by atoms with E-state index in [-0.39, 0.29) is 17.2 Å².